The first-order valence-corrected chi connectivity index (χ1v) is 8.92. The fourth-order valence-corrected chi connectivity index (χ4v) is 3.19. The largest absolute Gasteiger partial charge is 0.481 e. The van der Waals surface area contributed by atoms with Crippen molar-refractivity contribution in [1.29, 1.82) is 0 Å². The van der Waals surface area contributed by atoms with Gasteiger partial charge in [-0.3, -0.25) is 19.5 Å². The number of carbonyl (C=O) groups is 2. The molecule has 0 radical (unpaired) electrons. The number of carboxylic acids is 1. The van der Waals surface area contributed by atoms with Crippen LogP contribution in [-0.2, 0) is 4.79 Å². The first kappa shape index (κ1) is 20.1. The van der Waals surface area contributed by atoms with Crippen molar-refractivity contribution in [2.45, 2.75) is 26.3 Å². The van der Waals surface area contributed by atoms with Crippen molar-refractivity contribution in [3.8, 4) is 5.69 Å². The molecule has 0 fully saturated rings. The molecule has 1 atom stereocenters. The number of rotatable bonds is 6. The van der Waals surface area contributed by atoms with Crippen LogP contribution in [0.5, 0.6) is 0 Å². The van der Waals surface area contributed by atoms with Gasteiger partial charge in [-0.25, -0.2) is 9.07 Å². The predicted molar refractivity (Wildman–Crippen MR) is 105 cm³/mol. The summed E-state index contributed by atoms with van der Waals surface area (Å²) in [5.41, 5.74) is 2.19. The van der Waals surface area contributed by atoms with Gasteiger partial charge in [0.15, 0.2) is 0 Å². The van der Waals surface area contributed by atoms with Crippen LogP contribution in [0.1, 0.15) is 39.6 Å². The Morgan fingerprint density at radius 1 is 1.17 bits per heavy atom. The Hall–Kier alpha value is -3.68. The SMILES string of the molecule is Cc1ccc(C(CC(=O)O)NC(=O)c2cc(=O)n(-c3cccc(F)c3)[nH]2)c(C)c1. The van der Waals surface area contributed by atoms with Gasteiger partial charge in [-0.05, 0) is 43.2 Å². The highest BCUT2D eigenvalue weighted by molar-refractivity contribution is 5.92. The smallest absolute Gasteiger partial charge is 0.305 e. The molecule has 2 aromatic carbocycles. The van der Waals surface area contributed by atoms with Crippen molar-refractivity contribution < 1.29 is 19.1 Å². The summed E-state index contributed by atoms with van der Waals surface area (Å²) in [7, 11) is 0. The van der Waals surface area contributed by atoms with E-state index in [1.165, 1.54) is 18.2 Å². The van der Waals surface area contributed by atoms with Crippen LogP contribution >= 0.6 is 0 Å². The number of aryl methyl sites for hydroxylation is 2. The quantitative estimate of drug-likeness (QED) is 0.595. The topological polar surface area (TPSA) is 104 Å². The van der Waals surface area contributed by atoms with Crippen LogP contribution in [0.4, 0.5) is 4.39 Å². The molecule has 150 valence electrons. The molecule has 3 N–H and O–H groups in total. The van der Waals surface area contributed by atoms with E-state index in [4.69, 9.17) is 0 Å². The van der Waals surface area contributed by atoms with Crippen LogP contribution in [0.25, 0.3) is 5.69 Å². The molecule has 0 spiro atoms. The maximum atomic E-state index is 13.4. The zero-order chi connectivity index (χ0) is 21.1. The number of aromatic amines is 1. The standard InChI is InChI=1S/C21H20FN3O4/c1-12-6-7-16(13(2)8-12)17(11-20(27)28)23-21(29)18-10-19(26)25(24-18)15-5-3-4-14(22)9-15/h3-10,17,24H,11H2,1-2H3,(H,23,29)(H,27,28). The Balaban J connectivity index is 1.89. The van der Waals surface area contributed by atoms with Crippen molar-refractivity contribution in [1.82, 2.24) is 15.1 Å². The molecule has 1 amide bonds. The number of hydrogen-bond acceptors (Lipinski definition) is 3. The molecule has 1 aromatic heterocycles. The van der Waals surface area contributed by atoms with Crippen LogP contribution < -0.4 is 10.9 Å². The zero-order valence-corrected chi connectivity index (χ0v) is 15.9. The first-order valence-electron chi connectivity index (χ1n) is 8.92. The number of aliphatic carboxylic acids is 1. The van der Waals surface area contributed by atoms with Crippen LogP contribution in [0, 0.1) is 19.7 Å². The summed E-state index contributed by atoms with van der Waals surface area (Å²) >= 11 is 0. The molecule has 7 nitrogen and oxygen atoms in total. The van der Waals surface area contributed by atoms with Gasteiger partial charge in [0.25, 0.3) is 11.5 Å². The average molecular weight is 397 g/mol. The summed E-state index contributed by atoms with van der Waals surface area (Å²) in [5.74, 6) is -2.23. The van der Waals surface area contributed by atoms with Gasteiger partial charge < -0.3 is 10.4 Å². The van der Waals surface area contributed by atoms with Crippen LogP contribution in [0.15, 0.2) is 53.3 Å². The third kappa shape index (κ3) is 4.60. The number of amides is 1. The molecule has 0 bridgehead atoms. The molecule has 0 saturated carbocycles. The normalized spacial score (nSPS) is 11.8. The maximum Gasteiger partial charge on any atom is 0.305 e. The Bertz CT molecular complexity index is 1130. The number of nitrogens with zero attached hydrogens (tertiary/aromatic N) is 1. The number of carboxylic acid groups (broad SMARTS) is 1. The van der Waals surface area contributed by atoms with E-state index in [0.29, 0.717) is 5.56 Å². The monoisotopic (exact) mass is 397 g/mol. The summed E-state index contributed by atoms with van der Waals surface area (Å²) < 4.78 is 14.5. The molecule has 1 unspecified atom stereocenters. The van der Waals surface area contributed by atoms with Gasteiger partial charge in [0.05, 0.1) is 18.2 Å². The Kier molecular flexibility index (Phi) is 5.63. The Labute approximate surface area is 165 Å². The second-order valence-electron chi connectivity index (χ2n) is 6.81. The molecule has 3 rings (SSSR count). The molecule has 3 aromatic rings. The van der Waals surface area contributed by atoms with Gasteiger partial charge in [-0.1, -0.05) is 29.8 Å². The van der Waals surface area contributed by atoms with Gasteiger partial charge in [0, 0.05) is 6.07 Å². The van der Waals surface area contributed by atoms with E-state index >= 15 is 0 Å². The highest BCUT2D eigenvalue weighted by Gasteiger charge is 2.22. The lowest BCUT2D eigenvalue weighted by Crippen LogP contribution is -2.31. The Morgan fingerprint density at radius 2 is 1.93 bits per heavy atom. The van der Waals surface area contributed by atoms with Crippen molar-refractivity contribution in [3.63, 3.8) is 0 Å². The van der Waals surface area contributed by atoms with Gasteiger partial charge in [0.2, 0.25) is 0 Å². The van der Waals surface area contributed by atoms with E-state index in [1.807, 2.05) is 26.0 Å². The van der Waals surface area contributed by atoms with Crippen LogP contribution in [0.2, 0.25) is 0 Å². The third-order valence-electron chi connectivity index (χ3n) is 4.52. The van der Waals surface area contributed by atoms with E-state index in [0.717, 1.165) is 27.9 Å². The summed E-state index contributed by atoms with van der Waals surface area (Å²) in [6.45, 7) is 3.76. The zero-order valence-electron chi connectivity index (χ0n) is 15.9. The van der Waals surface area contributed by atoms with E-state index in [2.05, 4.69) is 10.4 Å². The van der Waals surface area contributed by atoms with Gasteiger partial charge in [-0.15, -0.1) is 0 Å². The number of halogens is 1. The lowest BCUT2D eigenvalue weighted by atomic mass is 9.97. The first-order chi connectivity index (χ1) is 13.7. The fraction of sp³-hybridized carbons (Fsp3) is 0.190. The van der Waals surface area contributed by atoms with Gasteiger partial charge >= 0.3 is 5.97 Å². The van der Waals surface area contributed by atoms with Crippen molar-refractivity contribution >= 4 is 11.9 Å². The number of benzene rings is 2. The van der Waals surface area contributed by atoms with E-state index < -0.39 is 29.3 Å². The molecule has 1 heterocycles. The number of carbonyl (C=O) groups excluding carboxylic acids is 1. The summed E-state index contributed by atoms with van der Waals surface area (Å²) in [6, 6.07) is 11.2. The highest BCUT2D eigenvalue weighted by Crippen LogP contribution is 2.22. The molecule has 29 heavy (non-hydrogen) atoms. The van der Waals surface area contributed by atoms with Crippen LogP contribution in [-0.4, -0.2) is 26.8 Å². The van der Waals surface area contributed by atoms with Crippen molar-refractivity contribution in [3.05, 3.63) is 87.1 Å². The van der Waals surface area contributed by atoms with Gasteiger partial charge in [-0.2, -0.15) is 0 Å². The number of aromatic nitrogens is 2. The lowest BCUT2D eigenvalue weighted by molar-refractivity contribution is -0.137. The molecule has 0 aliphatic rings. The number of nitrogens with one attached hydrogen (secondary N) is 2. The molecule has 8 heteroatoms. The van der Waals surface area contributed by atoms with Crippen molar-refractivity contribution in [2.24, 2.45) is 0 Å². The predicted octanol–water partition coefficient (Wildman–Crippen LogP) is 2.87. The molecule has 0 aliphatic heterocycles. The minimum absolute atomic E-state index is 0.0561. The van der Waals surface area contributed by atoms with Crippen LogP contribution in [0.3, 0.4) is 0 Å². The lowest BCUT2D eigenvalue weighted by Gasteiger charge is -2.19. The van der Waals surface area contributed by atoms with Crippen molar-refractivity contribution in [2.75, 3.05) is 0 Å². The number of hydrogen-bond donors (Lipinski definition) is 3. The second kappa shape index (κ2) is 8.14. The Morgan fingerprint density at radius 3 is 2.59 bits per heavy atom. The molecule has 0 aliphatic carbocycles. The number of H-pyrrole nitrogens is 1. The van der Waals surface area contributed by atoms with E-state index in [1.54, 1.807) is 6.07 Å². The maximum absolute atomic E-state index is 13.4. The summed E-state index contributed by atoms with van der Waals surface area (Å²) in [6.07, 6.45) is -0.315. The second-order valence-corrected chi connectivity index (χ2v) is 6.81. The highest BCUT2D eigenvalue weighted by atomic mass is 19.1. The summed E-state index contributed by atoms with van der Waals surface area (Å²) in [5, 5.41) is 14.6. The van der Waals surface area contributed by atoms with E-state index in [-0.39, 0.29) is 17.8 Å². The minimum atomic E-state index is -1.07. The molecular weight excluding hydrogens is 377 g/mol. The van der Waals surface area contributed by atoms with E-state index in [9.17, 15) is 23.9 Å². The molecular formula is C21H20FN3O4. The average Bonchev–Trinajstić information content (AvgIpc) is 3.03. The minimum Gasteiger partial charge on any atom is -0.481 e. The van der Waals surface area contributed by atoms with Gasteiger partial charge in [0.1, 0.15) is 11.5 Å². The summed E-state index contributed by atoms with van der Waals surface area (Å²) in [4.78, 5) is 36.2. The molecule has 0 saturated heterocycles. The third-order valence-corrected chi connectivity index (χ3v) is 4.52. The fourth-order valence-electron chi connectivity index (χ4n) is 3.19.